The molecule has 0 aliphatic carbocycles. The molecule has 0 fully saturated rings. The number of alkyl halides is 4. The van der Waals surface area contributed by atoms with E-state index < -0.39 is 18.9 Å². The van der Waals surface area contributed by atoms with E-state index in [0.29, 0.717) is 5.52 Å². The van der Waals surface area contributed by atoms with Gasteiger partial charge in [0.1, 0.15) is 0 Å². The molecule has 17 heavy (non-hydrogen) atoms. The number of para-hydroxylation sites is 1. The largest absolute Gasteiger partial charge is 0.355 e. The number of fused-ring (bicyclic) bond motifs is 1. The molecule has 2 nitrogen and oxygen atoms in total. The molecule has 0 amide bonds. The van der Waals surface area contributed by atoms with Crippen molar-refractivity contribution < 1.29 is 17.6 Å². The smallest absolute Gasteiger partial charge is 0.324 e. The van der Waals surface area contributed by atoms with Gasteiger partial charge in [0.05, 0.1) is 16.8 Å². The Morgan fingerprint density at radius 2 is 2.00 bits per heavy atom. The average molecular weight is 264 g/mol. The van der Waals surface area contributed by atoms with Gasteiger partial charge in [-0.2, -0.15) is 8.78 Å². The Kier molecular flexibility index (Phi) is 3.19. The van der Waals surface area contributed by atoms with Gasteiger partial charge in [-0.1, -0.05) is 23.5 Å². The lowest BCUT2D eigenvalue weighted by Crippen LogP contribution is -2.34. The number of rotatable bonds is 4. The van der Waals surface area contributed by atoms with Gasteiger partial charge in [-0.3, -0.25) is 0 Å². The molecule has 0 unspecified atom stereocenters. The standard InChI is InChI=1S/C10H8F4N2S/c11-8(12)10(13,14)5-15-9-16-6-3-1-2-4-7(6)17-9/h1-4,8H,5H2,(H,15,16). The second-order valence-electron chi connectivity index (χ2n) is 3.40. The van der Waals surface area contributed by atoms with Gasteiger partial charge in [-0.05, 0) is 12.1 Å². The number of halogens is 4. The minimum absolute atomic E-state index is 0.214. The highest BCUT2D eigenvalue weighted by molar-refractivity contribution is 7.22. The van der Waals surface area contributed by atoms with Crippen LogP contribution >= 0.6 is 11.3 Å². The second-order valence-corrected chi connectivity index (χ2v) is 4.43. The monoisotopic (exact) mass is 264 g/mol. The van der Waals surface area contributed by atoms with Crippen LogP contribution in [0.3, 0.4) is 0 Å². The summed E-state index contributed by atoms with van der Waals surface area (Å²) in [6.45, 7) is -1.12. The van der Waals surface area contributed by atoms with Crippen LogP contribution in [0.5, 0.6) is 0 Å². The Morgan fingerprint density at radius 1 is 1.29 bits per heavy atom. The maximum absolute atomic E-state index is 12.7. The SMILES string of the molecule is FC(F)C(F)(F)CNc1nc2ccccc2s1. The predicted octanol–water partition coefficient (Wildman–Crippen LogP) is 3.61. The summed E-state index contributed by atoms with van der Waals surface area (Å²) in [4.78, 5) is 4.00. The number of nitrogens with zero attached hydrogens (tertiary/aromatic N) is 1. The number of nitrogens with one attached hydrogen (secondary N) is 1. The first-order valence-electron chi connectivity index (χ1n) is 4.74. The Morgan fingerprint density at radius 3 is 2.65 bits per heavy atom. The molecule has 0 spiro atoms. The second kappa shape index (κ2) is 4.48. The summed E-state index contributed by atoms with van der Waals surface area (Å²) >= 11 is 1.15. The first-order valence-corrected chi connectivity index (χ1v) is 5.56. The third kappa shape index (κ3) is 2.66. The van der Waals surface area contributed by atoms with E-state index in [4.69, 9.17) is 0 Å². The molecule has 92 valence electrons. The van der Waals surface area contributed by atoms with Crippen molar-refractivity contribution in [3.05, 3.63) is 24.3 Å². The van der Waals surface area contributed by atoms with E-state index in [-0.39, 0.29) is 5.13 Å². The lowest BCUT2D eigenvalue weighted by molar-refractivity contribution is -0.117. The number of aromatic nitrogens is 1. The number of hydrogen-bond acceptors (Lipinski definition) is 3. The molecule has 0 aliphatic heterocycles. The van der Waals surface area contributed by atoms with E-state index in [1.807, 2.05) is 0 Å². The van der Waals surface area contributed by atoms with E-state index >= 15 is 0 Å². The molecular formula is C10H8F4N2S. The highest BCUT2D eigenvalue weighted by atomic mass is 32.1. The van der Waals surface area contributed by atoms with E-state index in [1.54, 1.807) is 24.3 Å². The molecule has 2 rings (SSSR count). The molecule has 0 saturated carbocycles. The number of benzene rings is 1. The maximum atomic E-state index is 12.7. The van der Waals surface area contributed by atoms with E-state index in [1.165, 1.54) is 0 Å². The van der Waals surface area contributed by atoms with Crippen LogP contribution in [-0.4, -0.2) is 23.9 Å². The molecule has 1 N–H and O–H groups in total. The summed E-state index contributed by atoms with van der Waals surface area (Å²) in [6.07, 6.45) is -3.68. The highest BCUT2D eigenvalue weighted by Crippen LogP contribution is 2.28. The first-order chi connectivity index (χ1) is 7.99. The zero-order valence-corrected chi connectivity index (χ0v) is 9.28. The van der Waals surface area contributed by atoms with Gasteiger partial charge < -0.3 is 5.32 Å². The van der Waals surface area contributed by atoms with Gasteiger partial charge in [-0.15, -0.1) is 0 Å². The number of thiazole rings is 1. The van der Waals surface area contributed by atoms with Crippen LogP contribution in [0.2, 0.25) is 0 Å². The minimum atomic E-state index is -4.04. The van der Waals surface area contributed by atoms with Gasteiger partial charge in [0, 0.05) is 0 Å². The summed E-state index contributed by atoms with van der Waals surface area (Å²) in [5.74, 6) is -4.04. The van der Waals surface area contributed by atoms with Crippen LogP contribution in [0, 0.1) is 0 Å². The third-order valence-electron chi connectivity index (χ3n) is 2.09. The van der Waals surface area contributed by atoms with Gasteiger partial charge >= 0.3 is 12.3 Å². The Labute approximate surface area is 98.3 Å². The molecule has 2 aromatic rings. The van der Waals surface area contributed by atoms with Crippen LogP contribution in [0.15, 0.2) is 24.3 Å². The molecule has 1 aromatic carbocycles. The number of hydrogen-bond donors (Lipinski definition) is 1. The van der Waals surface area contributed by atoms with Crippen LogP contribution in [0.4, 0.5) is 22.7 Å². The summed E-state index contributed by atoms with van der Waals surface area (Å²) < 4.78 is 49.9. The Balaban J connectivity index is 2.09. The predicted molar refractivity (Wildman–Crippen MR) is 59.1 cm³/mol. The summed E-state index contributed by atoms with van der Waals surface area (Å²) in [6, 6.07) is 7.06. The van der Waals surface area contributed by atoms with Crippen molar-refractivity contribution >= 4 is 26.7 Å². The molecule has 7 heteroatoms. The van der Waals surface area contributed by atoms with Crippen molar-refractivity contribution in [2.45, 2.75) is 12.3 Å². The van der Waals surface area contributed by atoms with Gasteiger partial charge in [0.15, 0.2) is 5.13 Å². The highest BCUT2D eigenvalue weighted by Gasteiger charge is 2.40. The van der Waals surface area contributed by atoms with E-state index in [0.717, 1.165) is 16.0 Å². The normalized spacial score (nSPS) is 12.3. The van der Waals surface area contributed by atoms with Crippen LogP contribution < -0.4 is 5.32 Å². The minimum Gasteiger partial charge on any atom is -0.355 e. The van der Waals surface area contributed by atoms with Crippen molar-refractivity contribution in [3.63, 3.8) is 0 Å². The molecule has 1 heterocycles. The fourth-order valence-electron chi connectivity index (χ4n) is 1.22. The van der Waals surface area contributed by atoms with Crippen LogP contribution in [0.1, 0.15) is 0 Å². The topological polar surface area (TPSA) is 24.9 Å². The summed E-state index contributed by atoms with van der Waals surface area (Å²) in [5.41, 5.74) is 0.653. The number of anilines is 1. The molecule has 0 bridgehead atoms. The third-order valence-corrected chi connectivity index (χ3v) is 3.08. The fraction of sp³-hybridized carbons (Fsp3) is 0.300. The average Bonchev–Trinajstić information content (AvgIpc) is 2.69. The first kappa shape index (κ1) is 12.1. The molecule has 0 saturated heterocycles. The van der Waals surface area contributed by atoms with E-state index in [2.05, 4.69) is 10.3 Å². The Hall–Kier alpha value is -1.37. The van der Waals surface area contributed by atoms with Crippen molar-refractivity contribution in [3.8, 4) is 0 Å². The quantitative estimate of drug-likeness (QED) is 0.853. The van der Waals surface area contributed by atoms with Crippen molar-refractivity contribution in [2.75, 3.05) is 11.9 Å². The summed E-state index contributed by atoms with van der Waals surface area (Å²) in [7, 11) is 0. The molecule has 0 atom stereocenters. The Bertz CT molecular complexity index is 479. The van der Waals surface area contributed by atoms with Crippen LogP contribution in [0.25, 0.3) is 10.2 Å². The molecule has 1 aromatic heterocycles. The van der Waals surface area contributed by atoms with Gasteiger partial charge in [-0.25, -0.2) is 13.8 Å². The zero-order chi connectivity index (χ0) is 12.5. The maximum Gasteiger partial charge on any atom is 0.324 e. The summed E-state index contributed by atoms with van der Waals surface area (Å²) in [5, 5.41) is 2.45. The fourth-order valence-corrected chi connectivity index (χ4v) is 2.08. The molecule has 0 aliphatic rings. The van der Waals surface area contributed by atoms with Crippen molar-refractivity contribution in [1.29, 1.82) is 0 Å². The lowest BCUT2D eigenvalue weighted by Gasteiger charge is -2.14. The van der Waals surface area contributed by atoms with Crippen molar-refractivity contribution in [2.24, 2.45) is 0 Å². The molecule has 0 radical (unpaired) electrons. The zero-order valence-electron chi connectivity index (χ0n) is 8.46. The van der Waals surface area contributed by atoms with Crippen molar-refractivity contribution in [1.82, 2.24) is 4.98 Å². The molecular weight excluding hydrogens is 256 g/mol. The van der Waals surface area contributed by atoms with Gasteiger partial charge in [0.2, 0.25) is 0 Å². The lowest BCUT2D eigenvalue weighted by atomic mass is 10.3. The van der Waals surface area contributed by atoms with Crippen LogP contribution in [-0.2, 0) is 0 Å². The van der Waals surface area contributed by atoms with E-state index in [9.17, 15) is 17.6 Å². The van der Waals surface area contributed by atoms with Gasteiger partial charge in [0.25, 0.3) is 0 Å².